The largest absolute Gasteiger partial charge is 0.342 e. The smallest absolute Gasteiger partial charge is 0.107 e. The van der Waals surface area contributed by atoms with Crippen LogP contribution < -0.4 is 0 Å². The topological polar surface area (TPSA) is 28.7 Å². The van der Waals surface area contributed by atoms with Crippen molar-refractivity contribution in [2.45, 2.75) is 40.5 Å². The van der Waals surface area contributed by atoms with Crippen molar-refractivity contribution in [3.8, 4) is 0 Å². The molecule has 1 aromatic heterocycles. The van der Waals surface area contributed by atoms with E-state index < -0.39 is 0 Å². The molecule has 0 saturated heterocycles. The molecule has 2 nitrogen and oxygen atoms in total. The summed E-state index contributed by atoms with van der Waals surface area (Å²) in [6.07, 6.45) is 2.16. The van der Waals surface area contributed by atoms with Crippen LogP contribution in [0.5, 0.6) is 0 Å². The van der Waals surface area contributed by atoms with Crippen LogP contribution in [-0.2, 0) is 6.42 Å². The maximum atomic E-state index is 4.68. The number of H-pyrrole nitrogens is 1. The average Bonchev–Trinajstić information content (AvgIpc) is 2.56. The van der Waals surface area contributed by atoms with Crippen LogP contribution in [0.15, 0.2) is 16.6 Å². The third-order valence-corrected chi connectivity index (χ3v) is 3.36. The summed E-state index contributed by atoms with van der Waals surface area (Å²) in [6.45, 7) is 8.88. The van der Waals surface area contributed by atoms with Crippen LogP contribution in [0, 0.1) is 12.3 Å². The monoisotopic (exact) mass is 294 g/mol. The molecule has 0 unspecified atom stereocenters. The van der Waals surface area contributed by atoms with Gasteiger partial charge in [0.05, 0.1) is 11.0 Å². The first-order chi connectivity index (χ1) is 7.85. The first kappa shape index (κ1) is 12.6. The summed E-state index contributed by atoms with van der Waals surface area (Å²) >= 11 is 3.52. The number of rotatable bonds is 2. The number of nitrogens with zero attached hydrogens (tertiary/aromatic N) is 1. The van der Waals surface area contributed by atoms with Gasteiger partial charge in [0, 0.05) is 10.9 Å². The minimum absolute atomic E-state index is 0.356. The average molecular weight is 295 g/mol. The Morgan fingerprint density at radius 2 is 2.00 bits per heavy atom. The van der Waals surface area contributed by atoms with Crippen molar-refractivity contribution in [1.29, 1.82) is 0 Å². The molecule has 92 valence electrons. The highest BCUT2D eigenvalue weighted by atomic mass is 79.9. The normalized spacial score (nSPS) is 12.3. The van der Waals surface area contributed by atoms with Gasteiger partial charge in [0.25, 0.3) is 0 Å². The fourth-order valence-electron chi connectivity index (χ4n) is 1.91. The molecule has 0 atom stereocenters. The van der Waals surface area contributed by atoms with Gasteiger partial charge in [0.1, 0.15) is 5.82 Å². The highest BCUT2D eigenvalue weighted by molar-refractivity contribution is 9.10. The highest BCUT2D eigenvalue weighted by Gasteiger charge is 2.12. The molecule has 2 rings (SSSR count). The van der Waals surface area contributed by atoms with Gasteiger partial charge >= 0.3 is 0 Å². The second-order valence-electron chi connectivity index (χ2n) is 5.86. The molecule has 0 spiro atoms. The fourth-order valence-corrected chi connectivity index (χ4v) is 2.48. The van der Waals surface area contributed by atoms with Crippen molar-refractivity contribution in [2.75, 3.05) is 0 Å². The Kier molecular flexibility index (Phi) is 3.30. The van der Waals surface area contributed by atoms with Crippen LogP contribution in [-0.4, -0.2) is 9.97 Å². The number of nitrogens with one attached hydrogen (secondary N) is 1. The quantitative estimate of drug-likeness (QED) is 0.861. The minimum atomic E-state index is 0.356. The van der Waals surface area contributed by atoms with E-state index in [9.17, 15) is 0 Å². The summed E-state index contributed by atoms with van der Waals surface area (Å²) in [5.74, 6) is 1.09. The van der Waals surface area contributed by atoms with Gasteiger partial charge in [-0.15, -0.1) is 0 Å². The van der Waals surface area contributed by atoms with Gasteiger partial charge in [-0.1, -0.05) is 36.7 Å². The molecule has 1 heterocycles. The molecule has 0 fully saturated rings. The maximum absolute atomic E-state index is 4.68. The molecular weight excluding hydrogens is 276 g/mol. The van der Waals surface area contributed by atoms with Crippen molar-refractivity contribution in [1.82, 2.24) is 9.97 Å². The number of aromatic amines is 1. The number of aromatic nitrogens is 2. The van der Waals surface area contributed by atoms with Gasteiger partial charge in [0.15, 0.2) is 0 Å². The van der Waals surface area contributed by atoms with E-state index in [1.54, 1.807) is 0 Å². The molecule has 0 radical (unpaired) electrons. The minimum Gasteiger partial charge on any atom is -0.342 e. The van der Waals surface area contributed by atoms with Gasteiger partial charge in [-0.25, -0.2) is 4.98 Å². The Bertz CT molecular complexity index is 535. The highest BCUT2D eigenvalue weighted by Crippen LogP contribution is 2.24. The first-order valence-corrected chi connectivity index (χ1v) is 6.79. The molecule has 0 aliphatic heterocycles. The Balaban J connectivity index is 2.29. The molecule has 0 saturated carbocycles. The lowest BCUT2D eigenvalue weighted by atomic mass is 9.90. The molecular formula is C14H19BrN2. The van der Waals surface area contributed by atoms with Crippen molar-refractivity contribution in [3.05, 3.63) is 28.0 Å². The standard InChI is InChI=1S/C14H19BrN2/c1-9-7-10(15)8-11-13(9)17-12(16-11)5-6-14(2,3)4/h7-8H,5-6H2,1-4H3,(H,16,17). The third kappa shape index (κ3) is 3.09. The summed E-state index contributed by atoms with van der Waals surface area (Å²) in [7, 11) is 0. The number of hydrogen-bond acceptors (Lipinski definition) is 1. The van der Waals surface area contributed by atoms with E-state index in [-0.39, 0.29) is 0 Å². The van der Waals surface area contributed by atoms with Crippen LogP contribution in [0.2, 0.25) is 0 Å². The van der Waals surface area contributed by atoms with Crippen LogP contribution >= 0.6 is 15.9 Å². The Hall–Kier alpha value is -0.830. The van der Waals surface area contributed by atoms with E-state index >= 15 is 0 Å². The van der Waals surface area contributed by atoms with Crippen LogP contribution in [0.1, 0.15) is 38.6 Å². The second-order valence-corrected chi connectivity index (χ2v) is 6.78. The molecule has 1 N–H and O–H groups in total. The zero-order valence-electron chi connectivity index (χ0n) is 10.9. The molecule has 0 amide bonds. The van der Waals surface area contributed by atoms with Gasteiger partial charge in [-0.2, -0.15) is 0 Å². The molecule has 0 bridgehead atoms. The van der Waals surface area contributed by atoms with Gasteiger partial charge in [0.2, 0.25) is 0 Å². The number of benzene rings is 1. The van der Waals surface area contributed by atoms with Gasteiger partial charge < -0.3 is 4.98 Å². The predicted octanol–water partition coefficient (Wildman–Crippen LogP) is 4.61. The van der Waals surface area contributed by atoms with Crippen LogP contribution in [0.25, 0.3) is 11.0 Å². The zero-order chi connectivity index (χ0) is 12.6. The third-order valence-electron chi connectivity index (χ3n) is 2.90. The number of fused-ring (bicyclic) bond motifs is 1. The summed E-state index contributed by atoms with van der Waals surface area (Å²) in [5, 5.41) is 0. The van der Waals surface area contributed by atoms with Crippen molar-refractivity contribution >= 4 is 27.0 Å². The van der Waals surface area contributed by atoms with E-state index in [0.717, 1.165) is 34.2 Å². The maximum Gasteiger partial charge on any atom is 0.107 e. The number of halogens is 1. The first-order valence-electron chi connectivity index (χ1n) is 6.00. The summed E-state index contributed by atoms with van der Waals surface area (Å²) < 4.78 is 1.11. The van der Waals surface area contributed by atoms with E-state index in [4.69, 9.17) is 0 Å². The number of hydrogen-bond donors (Lipinski definition) is 1. The second kappa shape index (κ2) is 4.45. The zero-order valence-corrected chi connectivity index (χ0v) is 12.5. The van der Waals surface area contributed by atoms with E-state index in [1.807, 2.05) is 0 Å². The van der Waals surface area contributed by atoms with E-state index in [2.05, 4.69) is 65.7 Å². The Morgan fingerprint density at radius 3 is 2.65 bits per heavy atom. The predicted molar refractivity (Wildman–Crippen MR) is 76.3 cm³/mol. The summed E-state index contributed by atoms with van der Waals surface area (Å²) in [5.41, 5.74) is 3.79. The van der Waals surface area contributed by atoms with Gasteiger partial charge in [-0.05, 0) is 36.5 Å². The van der Waals surface area contributed by atoms with Crippen LogP contribution in [0.3, 0.4) is 0 Å². The molecule has 3 heteroatoms. The summed E-state index contributed by atoms with van der Waals surface area (Å²) in [6, 6.07) is 4.20. The SMILES string of the molecule is Cc1cc(Br)cc2[nH]c(CCC(C)(C)C)nc12. The molecule has 0 aliphatic rings. The lowest BCUT2D eigenvalue weighted by Crippen LogP contribution is -2.06. The van der Waals surface area contributed by atoms with E-state index in [1.165, 1.54) is 5.56 Å². The molecule has 0 aliphatic carbocycles. The molecule has 17 heavy (non-hydrogen) atoms. The van der Waals surface area contributed by atoms with Crippen molar-refractivity contribution in [3.63, 3.8) is 0 Å². The lowest BCUT2D eigenvalue weighted by molar-refractivity contribution is 0.375. The molecule has 2 aromatic rings. The Labute approximate surface area is 111 Å². The van der Waals surface area contributed by atoms with Gasteiger partial charge in [-0.3, -0.25) is 0 Å². The molecule has 1 aromatic carbocycles. The van der Waals surface area contributed by atoms with Crippen molar-refractivity contribution < 1.29 is 0 Å². The number of imidazole rings is 1. The Morgan fingerprint density at radius 1 is 1.29 bits per heavy atom. The summed E-state index contributed by atoms with van der Waals surface area (Å²) in [4.78, 5) is 8.09. The van der Waals surface area contributed by atoms with Crippen LogP contribution in [0.4, 0.5) is 0 Å². The van der Waals surface area contributed by atoms with E-state index in [0.29, 0.717) is 5.41 Å². The number of aryl methyl sites for hydroxylation is 2. The van der Waals surface area contributed by atoms with Crippen molar-refractivity contribution in [2.24, 2.45) is 5.41 Å². The fraction of sp³-hybridized carbons (Fsp3) is 0.500. The lowest BCUT2D eigenvalue weighted by Gasteiger charge is -2.16.